The maximum atomic E-state index is 12.5. The van der Waals surface area contributed by atoms with Crippen molar-refractivity contribution in [1.82, 2.24) is 4.90 Å². The lowest BCUT2D eigenvalue weighted by atomic mass is 9.82. The van der Waals surface area contributed by atoms with Gasteiger partial charge in [0.1, 0.15) is 0 Å². The molecule has 1 aliphatic heterocycles. The van der Waals surface area contributed by atoms with Crippen molar-refractivity contribution in [3.63, 3.8) is 0 Å². The van der Waals surface area contributed by atoms with Gasteiger partial charge in [0, 0.05) is 13.1 Å². The van der Waals surface area contributed by atoms with Crippen molar-refractivity contribution in [2.24, 2.45) is 23.2 Å². The first kappa shape index (κ1) is 14.4. The van der Waals surface area contributed by atoms with Gasteiger partial charge in [-0.15, -0.1) is 0 Å². The molecule has 0 aromatic carbocycles. The maximum absolute atomic E-state index is 12.5. The number of nitrogens with zero attached hydrogens (tertiary/aromatic N) is 1. The molecule has 1 saturated carbocycles. The molecule has 2 aliphatic rings. The molecule has 3 atom stereocenters. The predicted octanol–water partition coefficient (Wildman–Crippen LogP) is 2.38. The van der Waals surface area contributed by atoms with E-state index in [0.717, 1.165) is 32.4 Å². The highest BCUT2D eigenvalue weighted by molar-refractivity contribution is 5.85. The van der Waals surface area contributed by atoms with Crippen molar-refractivity contribution >= 4 is 11.9 Å². The molecule has 2 fully saturated rings. The van der Waals surface area contributed by atoms with Gasteiger partial charge < -0.3 is 10.0 Å². The highest BCUT2D eigenvalue weighted by atomic mass is 16.4. The Hall–Kier alpha value is -1.06. The summed E-state index contributed by atoms with van der Waals surface area (Å²) < 4.78 is 0. The van der Waals surface area contributed by atoms with Crippen LogP contribution >= 0.6 is 0 Å². The first-order valence-corrected chi connectivity index (χ1v) is 7.32. The van der Waals surface area contributed by atoms with E-state index in [0.29, 0.717) is 17.8 Å². The summed E-state index contributed by atoms with van der Waals surface area (Å²) in [6.45, 7) is 8.06. The van der Waals surface area contributed by atoms with Crippen molar-refractivity contribution in [3.8, 4) is 0 Å². The number of likely N-dealkylation sites (tertiary alicyclic amines) is 1. The minimum atomic E-state index is -0.806. The molecule has 108 valence electrons. The average Bonchev–Trinajstić information content (AvgIpc) is 2.70. The second-order valence-corrected chi connectivity index (χ2v) is 7.12. The molecule has 1 amide bonds. The summed E-state index contributed by atoms with van der Waals surface area (Å²) in [7, 11) is 0. The Morgan fingerprint density at radius 2 is 1.63 bits per heavy atom. The zero-order chi connectivity index (χ0) is 14.2. The van der Waals surface area contributed by atoms with Crippen LogP contribution in [0.25, 0.3) is 0 Å². The third-order valence-corrected chi connectivity index (χ3v) is 4.86. The number of hydrogen-bond donors (Lipinski definition) is 1. The summed E-state index contributed by atoms with van der Waals surface area (Å²) >= 11 is 0. The predicted molar refractivity (Wildman–Crippen MR) is 72.6 cm³/mol. The number of amides is 1. The van der Waals surface area contributed by atoms with E-state index < -0.39 is 11.9 Å². The molecule has 0 spiro atoms. The van der Waals surface area contributed by atoms with Crippen molar-refractivity contribution in [2.45, 2.75) is 46.5 Å². The monoisotopic (exact) mass is 267 g/mol. The van der Waals surface area contributed by atoms with Crippen LogP contribution < -0.4 is 0 Å². The third-order valence-electron chi connectivity index (χ3n) is 4.86. The topological polar surface area (TPSA) is 57.6 Å². The van der Waals surface area contributed by atoms with E-state index >= 15 is 0 Å². The van der Waals surface area contributed by atoms with Crippen LogP contribution in [0.1, 0.15) is 46.5 Å². The van der Waals surface area contributed by atoms with Gasteiger partial charge in [0.2, 0.25) is 5.91 Å². The Morgan fingerprint density at radius 1 is 1.11 bits per heavy atom. The van der Waals surface area contributed by atoms with Crippen molar-refractivity contribution < 1.29 is 14.7 Å². The van der Waals surface area contributed by atoms with Gasteiger partial charge in [-0.2, -0.15) is 0 Å². The summed E-state index contributed by atoms with van der Waals surface area (Å²) in [5.74, 6) is -1.16. The number of carbonyl (C=O) groups is 2. The molecule has 1 aliphatic carbocycles. The third kappa shape index (κ3) is 3.10. The highest BCUT2D eigenvalue weighted by Gasteiger charge is 2.43. The number of aliphatic carboxylic acids is 1. The summed E-state index contributed by atoms with van der Waals surface area (Å²) in [6, 6.07) is 0. The van der Waals surface area contributed by atoms with Gasteiger partial charge in [-0.05, 0) is 37.0 Å². The normalized spacial score (nSPS) is 34.3. The Balaban J connectivity index is 2.01. The largest absolute Gasteiger partial charge is 0.481 e. The van der Waals surface area contributed by atoms with Crippen LogP contribution in [0.4, 0.5) is 0 Å². The van der Waals surface area contributed by atoms with Gasteiger partial charge >= 0.3 is 5.97 Å². The Bertz CT molecular complexity index is 368. The Kier molecular flexibility index (Phi) is 3.88. The van der Waals surface area contributed by atoms with Gasteiger partial charge in [0.25, 0.3) is 0 Å². The van der Waals surface area contributed by atoms with E-state index in [4.69, 9.17) is 0 Å². The van der Waals surface area contributed by atoms with Crippen LogP contribution in [0.5, 0.6) is 0 Å². The molecule has 0 aromatic rings. The molecule has 0 aromatic heterocycles. The molecular weight excluding hydrogens is 242 g/mol. The molecule has 3 unspecified atom stereocenters. The van der Waals surface area contributed by atoms with Crippen LogP contribution in [0, 0.1) is 23.2 Å². The lowest BCUT2D eigenvalue weighted by Crippen LogP contribution is -2.45. The van der Waals surface area contributed by atoms with E-state index in [1.54, 1.807) is 0 Å². The number of piperidine rings is 1. The minimum Gasteiger partial charge on any atom is -0.481 e. The second-order valence-electron chi connectivity index (χ2n) is 7.12. The number of hydrogen-bond acceptors (Lipinski definition) is 2. The van der Waals surface area contributed by atoms with E-state index in [1.807, 2.05) is 11.8 Å². The standard InChI is InChI=1S/C15H25NO3/c1-10-8-11(12(9-10)14(18)19)13(17)16-6-4-15(2,3)5-7-16/h10-12H,4-9H2,1-3H3,(H,18,19). The molecule has 4 heteroatoms. The average molecular weight is 267 g/mol. The summed E-state index contributed by atoms with van der Waals surface area (Å²) in [5, 5.41) is 9.26. The van der Waals surface area contributed by atoms with E-state index in [2.05, 4.69) is 13.8 Å². The maximum Gasteiger partial charge on any atom is 0.307 e. The summed E-state index contributed by atoms with van der Waals surface area (Å²) in [5.41, 5.74) is 0.311. The van der Waals surface area contributed by atoms with Crippen LogP contribution in [0.15, 0.2) is 0 Å². The van der Waals surface area contributed by atoms with E-state index in [-0.39, 0.29) is 11.8 Å². The van der Waals surface area contributed by atoms with E-state index in [9.17, 15) is 14.7 Å². The molecule has 19 heavy (non-hydrogen) atoms. The zero-order valence-corrected chi connectivity index (χ0v) is 12.2. The van der Waals surface area contributed by atoms with Gasteiger partial charge in [0.15, 0.2) is 0 Å². The van der Waals surface area contributed by atoms with Crippen molar-refractivity contribution in [1.29, 1.82) is 0 Å². The lowest BCUT2D eigenvalue weighted by Gasteiger charge is -2.38. The molecule has 0 bridgehead atoms. The molecule has 1 heterocycles. The number of carbonyl (C=O) groups excluding carboxylic acids is 1. The van der Waals surface area contributed by atoms with Crippen LogP contribution in [0.2, 0.25) is 0 Å². The van der Waals surface area contributed by atoms with Gasteiger partial charge in [-0.1, -0.05) is 20.8 Å². The molecule has 1 saturated heterocycles. The van der Waals surface area contributed by atoms with Gasteiger partial charge in [-0.3, -0.25) is 9.59 Å². The number of carboxylic acids is 1. The molecule has 4 nitrogen and oxygen atoms in total. The fraction of sp³-hybridized carbons (Fsp3) is 0.867. The molecule has 0 radical (unpaired) electrons. The summed E-state index contributed by atoms with van der Waals surface area (Å²) in [4.78, 5) is 25.7. The number of carboxylic acid groups (broad SMARTS) is 1. The second kappa shape index (κ2) is 5.14. The first-order valence-electron chi connectivity index (χ1n) is 7.32. The molecule has 2 rings (SSSR count). The Labute approximate surface area is 115 Å². The fourth-order valence-electron chi connectivity index (χ4n) is 3.40. The first-order chi connectivity index (χ1) is 8.80. The molecular formula is C15H25NO3. The Morgan fingerprint density at radius 3 is 2.16 bits per heavy atom. The SMILES string of the molecule is CC1CC(C(=O)O)C(C(=O)N2CCC(C)(C)CC2)C1. The van der Waals surface area contributed by atoms with Crippen molar-refractivity contribution in [3.05, 3.63) is 0 Å². The van der Waals surface area contributed by atoms with Crippen molar-refractivity contribution in [2.75, 3.05) is 13.1 Å². The lowest BCUT2D eigenvalue weighted by molar-refractivity contribution is -0.150. The minimum absolute atomic E-state index is 0.0762. The van der Waals surface area contributed by atoms with Crippen LogP contribution in [-0.2, 0) is 9.59 Å². The highest BCUT2D eigenvalue weighted by Crippen LogP contribution is 2.39. The van der Waals surface area contributed by atoms with Gasteiger partial charge in [0.05, 0.1) is 11.8 Å². The van der Waals surface area contributed by atoms with E-state index in [1.165, 1.54) is 0 Å². The quantitative estimate of drug-likeness (QED) is 0.835. The van der Waals surface area contributed by atoms with Gasteiger partial charge in [-0.25, -0.2) is 0 Å². The zero-order valence-electron chi connectivity index (χ0n) is 12.2. The fourth-order valence-corrected chi connectivity index (χ4v) is 3.40. The van der Waals surface area contributed by atoms with Crippen LogP contribution in [0.3, 0.4) is 0 Å². The smallest absolute Gasteiger partial charge is 0.307 e. The summed E-state index contributed by atoms with van der Waals surface area (Å²) in [6.07, 6.45) is 3.40. The molecule has 1 N–H and O–H groups in total. The number of rotatable bonds is 2. The van der Waals surface area contributed by atoms with Crippen LogP contribution in [-0.4, -0.2) is 35.0 Å².